The number of carbonyl (C=O) groups is 1. The summed E-state index contributed by atoms with van der Waals surface area (Å²) >= 11 is 1.55. The summed E-state index contributed by atoms with van der Waals surface area (Å²) in [7, 11) is 1.85. The van der Waals surface area contributed by atoms with Crippen LogP contribution in [0.2, 0.25) is 0 Å². The molecular formula is C24H20F3N7OS. The monoisotopic (exact) mass is 511 g/mol. The van der Waals surface area contributed by atoms with E-state index in [4.69, 9.17) is 5.73 Å². The Morgan fingerprint density at radius 3 is 2.56 bits per heavy atom. The van der Waals surface area contributed by atoms with E-state index < -0.39 is 23.4 Å². The lowest BCUT2D eigenvalue weighted by molar-refractivity contribution is 0.0995. The molecule has 4 heterocycles. The number of nitrogens with two attached hydrogens (primary N) is 1. The first-order valence-corrected chi connectivity index (χ1v) is 11.9. The van der Waals surface area contributed by atoms with Crippen molar-refractivity contribution in [1.82, 2.24) is 28.9 Å². The molecule has 1 aromatic carbocycles. The Hall–Kier alpha value is -4.06. The van der Waals surface area contributed by atoms with E-state index in [1.165, 1.54) is 10.8 Å². The van der Waals surface area contributed by atoms with Crippen LogP contribution in [0, 0.1) is 17.5 Å². The summed E-state index contributed by atoms with van der Waals surface area (Å²) in [5, 5.41) is 10.0. The van der Waals surface area contributed by atoms with Crippen LogP contribution in [0.4, 0.5) is 13.2 Å². The van der Waals surface area contributed by atoms with Gasteiger partial charge in [-0.3, -0.25) is 9.78 Å². The van der Waals surface area contributed by atoms with Crippen molar-refractivity contribution in [2.24, 2.45) is 12.8 Å². The molecule has 4 aromatic heterocycles. The van der Waals surface area contributed by atoms with Gasteiger partial charge in [-0.2, -0.15) is 0 Å². The molecule has 0 aliphatic carbocycles. The van der Waals surface area contributed by atoms with E-state index in [-0.39, 0.29) is 11.4 Å². The van der Waals surface area contributed by atoms with Crippen molar-refractivity contribution in [2.75, 3.05) is 5.75 Å². The molecule has 0 saturated carbocycles. The number of aromatic nitrogens is 6. The summed E-state index contributed by atoms with van der Waals surface area (Å²) in [5.41, 5.74) is 6.44. The van der Waals surface area contributed by atoms with Gasteiger partial charge in [-0.1, -0.05) is 11.8 Å². The Morgan fingerprint density at radius 1 is 1.08 bits per heavy atom. The van der Waals surface area contributed by atoms with Crippen LogP contribution in [0.1, 0.15) is 16.9 Å². The molecule has 36 heavy (non-hydrogen) atoms. The first-order valence-electron chi connectivity index (χ1n) is 10.9. The standard InChI is InChI=1S/C24H20F3N7OS/c1-32-23(14-3-4-19(22(28)35)29-11-14)30-31-24(32)36-8-2-6-33-12-15-5-7-34(20(15)13-33)21-17(26)9-16(25)10-18(21)27/h3-5,7,9-13H,2,6,8H2,1H3,(H2,28,35). The van der Waals surface area contributed by atoms with Gasteiger partial charge in [0.25, 0.3) is 5.91 Å². The fourth-order valence-electron chi connectivity index (χ4n) is 3.94. The van der Waals surface area contributed by atoms with Gasteiger partial charge in [-0.25, -0.2) is 13.2 Å². The van der Waals surface area contributed by atoms with Crippen LogP contribution in [-0.4, -0.2) is 40.5 Å². The third-order valence-electron chi connectivity index (χ3n) is 5.67. The molecule has 1 amide bonds. The second-order valence-electron chi connectivity index (χ2n) is 8.10. The van der Waals surface area contributed by atoms with Gasteiger partial charge in [0, 0.05) is 67.2 Å². The minimum Gasteiger partial charge on any atom is -0.364 e. The van der Waals surface area contributed by atoms with E-state index in [9.17, 15) is 18.0 Å². The fourth-order valence-corrected chi connectivity index (χ4v) is 4.78. The molecule has 5 rings (SSSR count). The van der Waals surface area contributed by atoms with Crippen LogP contribution in [0.25, 0.3) is 28.0 Å². The number of carbonyl (C=O) groups excluding carboxylic acids is 1. The number of fused-ring (bicyclic) bond motifs is 1. The van der Waals surface area contributed by atoms with E-state index in [1.54, 1.807) is 36.2 Å². The number of halogens is 3. The lowest BCUT2D eigenvalue weighted by atomic mass is 10.2. The van der Waals surface area contributed by atoms with E-state index in [0.29, 0.717) is 30.0 Å². The van der Waals surface area contributed by atoms with E-state index in [0.717, 1.165) is 28.3 Å². The molecule has 184 valence electrons. The third kappa shape index (κ3) is 4.47. The molecule has 5 aromatic rings. The van der Waals surface area contributed by atoms with Gasteiger partial charge in [0.15, 0.2) is 22.6 Å². The van der Waals surface area contributed by atoms with Gasteiger partial charge in [0.1, 0.15) is 17.2 Å². The molecule has 0 fully saturated rings. The lowest BCUT2D eigenvalue weighted by Gasteiger charge is -2.08. The molecule has 0 spiro atoms. The van der Waals surface area contributed by atoms with Crippen molar-refractivity contribution in [1.29, 1.82) is 0 Å². The van der Waals surface area contributed by atoms with Crippen LogP contribution >= 0.6 is 11.8 Å². The van der Waals surface area contributed by atoms with Gasteiger partial charge in [0.05, 0.1) is 5.52 Å². The lowest BCUT2D eigenvalue weighted by Crippen LogP contribution is -2.12. The van der Waals surface area contributed by atoms with E-state index >= 15 is 0 Å². The number of rotatable bonds is 8. The Morgan fingerprint density at radius 2 is 1.86 bits per heavy atom. The molecule has 0 saturated heterocycles. The number of primary amides is 1. The molecule has 0 unspecified atom stereocenters. The highest BCUT2D eigenvalue weighted by Gasteiger charge is 2.17. The number of aryl methyl sites for hydroxylation is 1. The predicted molar refractivity (Wildman–Crippen MR) is 129 cm³/mol. The van der Waals surface area contributed by atoms with Crippen LogP contribution in [0.15, 0.2) is 60.3 Å². The number of amides is 1. The molecule has 12 heteroatoms. The summed E-state index contributed by atoms with van der Waals surface area (Å²) in [6.45, 7) is 0.680. The smallest absolute Gasteiger partial charge is 0.267 e. The highest BCUT2D eigenvalue weighted by Crippen LogP contribution is 2.27. The van der Waals surface area contributed by atoms with Crippen LogP contribution in [0.5, 0.6) is 0 Å². The second kappa shape index (κ2) is 9.53. The molecule has 8 nitrogen and oxygen atoms in total. The van der Waals surface area contributed by atoms with Crippen molar-refractivity contribution >= 4 is 28.6 Å². The predicted octanol–water partition coefficient (Wildman–Crippen LogP) is 4.32. The second-order valence-corrected chi connectivity index (χ2v) is 9.17. The molecular weight excluding hydrogens is 491 g/mol. The molecule has 0 aliphatic heterocycles. The van der Waals surface area contributed by atoms with Crippen molar-refractivity contribution in [3.05, 3.63) is 78.3 Å². The highest BCUT2D eigenvalue weighted by molar-refractivity contribution is 7.99. The van der Waals surface area contributed by atoms with Gasteiger partial charge in [-0.15, -0.1) is 10.2 Å². The zero-order chi connectivity index (χ0) is 25.4. The minimum atomic E-state index is -0.961. The van der Waals surface area contributed by atoms with Gasteiger partial charge >= 0.3 is 0 Å². The maximum atomic E-state index is 14.3. The average molecular weight is 512 g/mol. The molecule has 2 N–H and O–H groups in total. The highest BCUT2D eigenvalue weighted by atomic mass is 32.2. The first kappa shape index (κ1) is 23.7. The van der Waals surface area contributed by atoms with Gasteiger partial charge < -0.3 is 19.4 Å². The van der Waals surface area contributed by atoms with Crippen molar-refractivity contribution in [3.63, 3.8) is 0 Å². The summed E-state index contributed by atoms with van der Waals surface area (Å²) < 4.78 is 47.0. The Bertz CT molecular complexity index is 1550. The van der Waals surface area contributed by atoms with Crippen LogP contribution in [0.3, 0.4) is 0 Å². The number of nitrogens with zero attached hydrogens (tertiary/aromatic N) is 6. The third-order valence-corrected chi connectivity index (χ3v) is 6.78. The Labute approximate surface area is 207 Å². The molecule has 0 atom stereocenters. The topological polar surface area (TPSA) is 96.5 Å². The first-order chi connectivity index (χ1) is 17.3. The number of pyridine rings is 1. The Kier molecular flexibility index (Phi) is 6.27. The van der Waals surface area contributed by atoms with E-state index in [1.807, 2.05) is 28.6 Å². The van der Waals surface area contributed by atoms with Crippen LogP contribution < -0.4 is 5.73 Å². The van der Waals surface area contributed by atoms with Crippen molar-refractivity contribution < 1.29 is 18.0 Å². The molecule has 0 aliphatic rings. The average Bonchev–Trinajstić information content (AvgIpc) is 3.51. The number of thioether (sulfide) groups is 1. The summed E-state index contributed by atoms with van der Waals surface area (Å²) in [4.78, 5) is 15.2. The largest absolute Gasteiger partial charge is 0.364 e. The van der Waals surface area contributed by atoms with Gasteiger partial charge in [-0.05, 0) is 24.6 Å². The zero-order valence-corrected chi connectivity index (χ0v) is 19.8. The quantitative estimate of drug-likeness (QED) is 0.247. The van der Waals surface area contributed by atoms with Crippen molar-refractivity contribution in [2.45, 2.75) is 18.1 Å². The fraction of sp³-hybridized carbons (Fsp3) is 0.167. The molecule has 0 bridgehead atoms. The summed E-state index contributed by atoms with van der Waals surface area (Å²) in [6.07, 6.45) is 7.61. The maximum Gasteiger partial charge on any atom is 0.267 e. The molecule has 0 radical (unpaired) electrons. The van der Waals surface area contributed by atoms with E-state index in [2.05, 4.69) is 15.2 Å². The van der Waals surface area contributed by atoms with Crippen LogP contribution in [-0.2, 0) is 13.6 Å². The zero-order valence-electron chi connectivity index (χ0n) is 19.0. The summed E-state index contributed by atoms with van der Waals surface area (Å²) in [5.74, 6) is -2.10. The van der Waals surface area contributed by atoms with Crippen molar-refractivity contribution in [3.8, 4) is 17.1 Å². The number of benzene rings is 1. The normalized spacial score (nSPS) is 11.4. The van der Waals surface area contributed by atoms with Gasteiger partial charge in [0.2, 0.25) is 0 Å². The minimum absolute atomic E-state index is 0.179. The SMILES string of the molecule is Cn1c(SCCCn2cc3ccn(-c4c(F)cc(F)cc4F)c3c2)nnc1-c1ccc(C(N)=O)nc1. The maximum absolute atomic E-state index is 14.3. The number of hydrogen-bond donors (Lipinski definition) is 1. The summed E-state index contributed by atoms with van der Waals surface area (Å²) in [6, 6.07) is 6.36. The Balaban J connectivity index is 1.23. The number of hydrogen-bond acceptors (Lipinski definition) is 5.